The Kier molecular flexibility index (Phi) is 3.07. The second-order valence-corrected chi connectivity index (χ2v) is 4.92. The fourth-order valence-electron chi connectivity index (χ4n) is 1.58. The molecule has 3 aromatic rings. The molecule has 0 aliphatic rings. The standard InChI is InChI=1S/C13H10N4OS/c18-12-5-2-10(15-16-12)1-3-11-4-6-13(19-11)17-8-7-14-9-17/h1-9H,(H,16,18). The number of aromatic amines is 1. The SMILES string of the molecule is O=c1ccc(C=Cc2ccc(-n3ccnc3)s2)n[nH]1. The van der Waals surface area contributed by atoms with Gasteiger partial charge in [0.2, 0.25) is 0 Å². The molecule has 0 bridgehead atoms. The summed E-state index contributed by atoms with van der Waals surface area (Å²) in [5, 5.41) is 7.42. The Balaban J connectivity index is 1.80. The van der Waals surface area contributed by atoms with Gasteiger partial charge in [0, 0.05) is 23.3 Å². The number of hydrogen-bond donors (Lipinski definition) is 1. The molecule has 0 amide bonds. The molecule has 19 heavy (non-hydrogen) atoms. The summed E-state index contributed by atoms with van der Waals surface area (Å²) in [6, 6.07) is 7.20. The molecule has 3 heterocycles. The van der Waals surface area contributed by atoms with Crippen LogP contribution in [0, 0.1) is 0 Å². The molecule has 3 aromatic heterocycles. The van der Waals surface area contributed by atoms with Gasteiger partial charge in [0.15, 0.2) is 0 Å². The van der Waals surface area contributed by atoms with E-state index >= 15 is 0 Å². The molecular weight excluding hydrogens is 260 g/mol. The van der Waals surface area contributed by atoms with E-state index in [4.69, 9.17) is 0 Å². The van der Waals surface area contributed by atoms with E-state index in [-0.39, 0.29) is 5.56 Å². The molecule has 0 aromatic carbocycles. The molecule has 6 heteroatoms. The van der Waals surface area contributed by atoms with Crippen molar-refractivity contribution in [2.75, 3.05) is 0 Å². The predicted octanol–water partition coefficient (Wildman–Crippen LogP) is 2.19. The van der Waals surface area contributed by atoms with E-state index in [0.29, 0.717) is 0 Å². The van der Waals surface area contributed by atoms with Gasteiger partial charge in [-0.2, -0.15) is 5.10 Å². The predicted molar refractivity (Wildman–Crippen MR) is 75.2 cm³/mol. The van der Waals surface area contributed by atoms with Gasteiger partial charge < -0.3 is 0 Å². The average molecular weight is 270 g/mol. The molecular formula is C13H10N4OS. The van der Waals surface area contributed by atoms with Crippen LogP contribution in [-0.4, -0.2) is 19.7 Å². The molecule has 0 radical (unpaired) electrons. The third-order valence-electron chi connectivity index (χ3n) is 2.49. The smallest absolute Gasteiger partial charge is 0.264 e. The summed E-state index contributed by atoms with van der Waals surface area (Å²) in [6.45, 7) is 0. The second-order valence-electron chi connectivity index (χ2n) is 3.83. The quantitative estimate of drug-likeness (QED) is 0.793. The molecule has 0 aliphatic heterocycles. The highest BCUT2D eigenvalue weighted by atomic mass is 32.1. The van der Waals surface area contributed by atoms with Gasteiger partial charge in [0.25, 0.3) is 5.56 Å². The van der Waals surface area contributed by atoms with Gasteiger partial charge in [-0.05, 0) is 30.4 Å². The van der Waals surface area contributed by atoms with Crippen LogP contribution in [0.15, 0.2) is 47.8 Å². The Morgan fingerprint density at radius 3 is 2.89 bits per heavy atom. The van der Waals surface area contributed by atoms with E-state index in [9.17, 15) is 4.79 Å². The Hall–Kier alpha value is -2.47. The summed E-state index contributed by atoms with van der Waals surface area (Å²) in [5.41, 5.74) is 0.521. The number of H-pyrrole nitrogens is 1. The first-order valence-electron chi connectivity index (χ1n) is 5.63. The van der Waals surface area contributed by atoms with Crippen molar-refractivity contribution >= 4 is 23.5 Å². The lowest BCUT2D eigenvalue weighted by Gasteiger charge is -1.93. The Morgan fingerprint density at radius 2 is 2.16 bits per heavy atom. The summed E-state index contributed by atoms with van der Waals surface area (Å²) in [4.78, 5) is 16.0. The lowest BCUT2D eigenvalue weighted by molar-refractivity contribution is 0.977. The summed E-state index contributed by atoms with van der Waals surface area (Å²) >= 11 is 1.65. The fourth-order valence-corrected chi connectivity index (χ4v) is 2.44. The molecule has 0 saturated heterocycles. The summed E-state index contributed by atoms with van der Waals surface area (Å²) in [5.74, 6) is 0. The zero-order chi connectivity index (χ0) is 13.1. The topological polar surface area (TPSA) is 63.6 Å². The van der Waals surface area contributed by atoms with Gasteiger partial charge in [-0.25, -0.2) is 10.1 Å². The number of nitrogens with zero attached hydrogens (tertiary/aromatic N) is 3. The third kappa shape index (κ3) is 2.69. The normalized spacial score (nSPS) is 11.2. The second kappa shape index (κ2) is 5.03. The van der Waals surface area contributed by atoms with E-state index in [1.54, 1.807) is 29.9 Å². The molecule has 1 N–H and O–H groups in total. The van der Waals surface area contributed by atoms with Crippen LogP contribution in [0.1, 0.15) is 10.6 Å². The minimum absolute atomic E-state index is 0.198. The first kappa shape index (κ1) is 11.6. The molecule has 0 atom stereocenters. The van der Waals surface area contributed by atoms with Crippen molar-refractivity contribution < 1.29 is 0 Å². The van der Waals surface area contributed by atoms with Gasteiger partial charge in [-0.1, -0.05) is 0 Å². The average Bonchev–Trinajstić information content (AvgIpc) is 3.09. The highest BCUT2D eigenvalue weighted by Crippen LogP contribution is 2.22. The fraction of sp³-hybridized carbons (Fsp3) is 0. The minimum atomic E-state index is -0.198. The maximum Gasteiger partial charge on any atom is 0.264 e. The molecule has 94 valence electrons. The van der Waals surface area contributed by atoms with Gasteiger partial charge in [0.05, 0.1) is 12.0 Å². The van der Waals surface area contributed by atoms with E-state index in [1.165, 1.54) is 6.07 Å². The monoisotopic (exact) mass is 270 g/mol. The zero-order valence-corrected chi connectivity index (χ0v) is 10.7. The third-order valence-corrected chi connectivity index (χ3v) is 3.55. The van der Waals surface area contributed by atoms with Crippen molar-refractivity contribution in [3.63, 3.8) is 0 Å². The van der Waals surface area contributed by atoms with Crippen LogP contribution in [0.25, 0.3) is 17.2 Å². The van der Waals surface area contributed by atoms with Gasteiger partial charge >= 0.3 is 0 Å². The van der Waals surface area contributed by atoms with Crippen molar-refractivity contribution in [2.24, 2.45) is 0 Å². The first-order chi connectivity index (χ1) is 9.31. The van der Waals surface area contributed by atoms with Crippen molar-refractivity contribution in [1.29, 1.82) is 0 Å². The van der Waals surface area contributed by atoms with Crippen LogP contribution < -0.4 is 5.56 Å². The Labute approximate surface area is 112 Å². The first-order valence-corrected chi connectivity index (χ1v) is 6.45. The maximum atomic E-state index is 10.9. The molecule has 3 rings (SSSR count). The van der Waals surface area contributed by atoms with Crippen LogP contribution in [0.4, 0.5) is 0 Å². The van der Waals surface area contributed by atoms with Crippen LogP contribution in [-0.2, 0) is 0 Å². The van der Waals surface area contributed by atoms with Crippen LogP contribution in [0.2, 0.25) is 0 Å². The largest absolute Gasteiger partial charge is 0.298 e. The van der Waals surface area contributed by atoms with Gasteiger partial charge in [0.1, 0.15) is 5.00 Å². The highest BCUT2D eigenvalue weighted by molar-refractivity contribution is 7.15. The van der Waals surface area contributed by atoms with Crippen molar-refractivity contribution in [2.45, 2.75) is 0 Å². The van der Waals surface area contributed by atoms with Crippen LogP contribution in [0.5, 0.6) is 0 Å². The van der Waals surface area contributed by atoms with Crippen LogP contribution >= 0.6 is 11.3 Å². The molecule has 0 aliphatic carbocycles. The summed E-state index contributed by atoms with van der Waals surface area (Å²) < 4.78 is 1.96. The number of aromatic nitrogens is 4. The van der Waals surface area contributed by atoms with Gasteiger partial charge in [-0.3, -0.25) is 9.36 Å². The minimum Gasteiger partial charge on any atom is -0.298 e. The van der Waals surface area contributed by atoms with Crippen molar-refractivity contribution in [1.82, 2.24) is 19.7 Å². The number of rotatable bonds is 3. The molecule has 5 nitrogen and oxygen atoms in total. The van der Waals surface area contributed by atoms with Crippen molar-refractivity contribution in [3.8, 4) is 5.00 Å². The van der Waals surface area contributed by atoms with Crippen LogP contribution in [0.3, 0.4) is 0 Å². The number of thiophene rings is 1. The molecule has 0 saturated carbocycles. The van der Waals surface area contributed by atoms with E-state index in [1.807, 2.05) is 35.0 Å². The Bertz CT molecular complexity index is 735. The molecule has 0 spiro atoms. The number of imidazole rings is 1. The zero-order valence-electron chi connectivity index (χ0n) is 9.85. The van der Waals surface area contributed by atoms with E-state index < -0.39 is 0 Å². The maximum absolute atomic E-state index is 10.9. The van der Waals surface area contributed by atoms with E-state index in [2.05, 4.69) is 15.2 Å². The Morgan fingerprint density at radius 1 is 1.21 bits per heavy atom. The van der Waals surface area contributed by atoms with Crippen molar-refractivity contribution in [3.05, 3.63) is 63.9 Å². The number of hydrogen-bond acceptors (Lipinski definition) is 4. The van der Waals surface area contributed by atoms with E-state index in [0.717, 1.165) is 15.6 Å². The highest BCUT2D eigenvalue weighted by Gasteiger charge is 1.99. The molecule has 0 fully saturated rings. The summed E-state index contributed by atoms with van der Waals surface area (Å²) in [7, 11) is 0. The lowest BCUT2D eigenvalue weighted by atomic mass is 10.3. The summed E-state index contributed by atoms with van der Waals surface area (Å²) in [6.07, 6.45) is 9.25. The van der Waals surface area contributed by atoms with Gasteiger partial charge in [-0.15, -0.1) is 11.3 Å². The molecule has 0 unspecified atom stereocenters. The lowest BCUT2D eigenvalue weighted by Crippen LogP contribution is -2.05. The number of nitrogens with one attached hydrogen (secondary N) is 1.